The topological polar surface area (TPSA) is 109 Å². The molecule has 0 aromatic carbocycles. The fourth-order valence-electron chi connectivity index (χ4n) is 1.59. The predicted molar refractivity (Wildman–Crippen MR) is 70.3 cm³/mol. The van der Waals surface area contributed by atoms with Crippen LogP contribution in [0.15, 0.2) is 30.6 Å². The summed E-state index contributed by atoms with van der Waals surface area (Å²) in [4.78, 5) is 26.4. The van der Waals surface area contributed by atoms with E-state index in [1.165, 1.54) is 12.3 Å². The number of carboxylic acid groups (broad SMARTS) is 1. The maximum absolute atomic E-state index is 11.7. The first-order valence-corrected chi connectivity index (χ1v) is 5.78. The highest BCUT2D eigenvalue weighted by Gasteiger charge is 2.13. The molecule has 0 atom stereocenters. The molecular weight excluding hydrogens is 262 g/mol. The lowest BCUT2D eigenvalue weighted by Crippen LogP contribution is -2.29. The Kier molecular flexibility index (Phi) is 3.94. The number of nitrogens with zero attached hydrogens (tertiary/aromatic N) is 3. The summed E-state index contributed by atoms with van der Waals surface area (Å²) < 4.78 is 1.63. The number of pyridine rings is 1. The zero-order valence-electron chi connectivity index (χ0n) is 10.7. The van der Waals surface area contributed by atoms with Gasteiger partial charge in [0.05, 0.1) is 17.9 Å². The lowest BCUT2D eigenvalue weighted by molar-refractivity contribution is 0.0691. The Labute approximate surface area is 114 Å². The van der Waals surface area contributed by atoms with Gasteiger partial charge in [-0.2, -0.15) is 5.10 Å². The number of aromatic nitrogens is 3. The molecule has 0 saturated heterocycles. The molecule has 0 aliphatic rings. The third-order valence-corrected chi connectivity index (χ3v) is 2.61. The van der Waals surface area contributed by atoms with Crippen molar-refractivity contribution in [2.24, 2.45) is 7.05 Å². The maximum atomic E-state index is 11.7. The molecule has 0 bridgehead atoms. The second-order valence-electron chi connectivity index (χ2n) is 3.96. The molecule has 104 valence electrons. The van der Waals surface area contributed by atoms with Gasteiger partial charge in [-0.25, -0.2) is 14.6 Å². The number of hydrogen-bond acceptors (Lipinski definition) is 4. The van der Waals surface area contributed by atoms with E-state index in [9.17, 15) is 9.59 Å². The molecule has 2 rings (SSSR count). The third-order valence-electron chi connectivity index (χ3n) is 2.61. The smallest absolute Gasteiger partial charge is 0.356 e. The maximum Gasteiger partial charge on any atom is 0.356 e. The monoisotopic (exact) mass is 275 g/mol. The SMILES string of the molecule is Cn1nccc1CNC(=O)Nc1cccnc1C(=O)O. The molecule has 20 heavy (non-hydrogen) atoms. The van der Waals surface area contributed by atoms with Gasteiger partial charge in [-0.15, -0.1) is 0 Å². The number of amides is 2. The Hall–Kier alpha value is -2.90. The molecule has 0 aliphatic heterocycles. The first kappa shape index (κ1) is 13.5. The number of rotatable bonds is 4. The van der Waals surface area contributed by atoms with Gasteiger partial charge in [0.15, 0.2) is 5.69 Å². The van der Waals surface area contributed by atoms with E-state index in [0.717, 1.165) is 5.69 Å². The minimum Gasteiger partial charge on any atom is -0.476 e. The van der Waals surface area contributed by atoms with Crippen LogP contribution in [-0.2, 0) is 13.6 Å². The van der Waals surface area contributed by atoms with Crippen molar-refractivity contribution in [3.05, 3.63) is 42.0 Å². The lowest BCUT2D eigenvalue weighted by atomic mass is 10.3. The fraction of sp³-hybridized carbons (Fsp3) is 0.167. The van der Waals surface area contributed by atoms with E-state index in [0.29, 0.717) is 0 Å². The standard InChI is InChI=1S/C12H13N5O3/c1-17-8(4-6-15-17)7-14-12(20)16-9-3-2-5-13-10(9)11(18)19/h2-6H,7H2,1H3,(H,18,19)(H2,14,16,20). The predicted octanol–water partition coefficient (Wildman–Crippen LogP) is 0.835. The van der Waals surface area contributed by atoms with Crippen LogP contribution in [0.3, 0.4) is 0 Å². The molecule has 8 heteroatoms. The van der Waals surface area contributed by atoms with Gasteiger partial charge in [-0.05, 0) is 18.2 Å². The number of aryl methyl sites for hydroxylation is 1. The molecule has 0 unspecified atom stereocenters. The Morgan fingerprint density at radius 3 is 2.80 bits per heavy atom. The summed E-state index contributed by atoms with van der Waals surface area (Å²) in [6.45, 7) is 0.283. The van der Waals surface area contributed by atoms with Crippen LogP contribution in [0, 0.1) is 0 Å². The van der Waals surface area contributed by atoms with E-state index in [1.54, 1.807) is 30.1 Å². The highest BCUT2D eigenvalue weighted by Crippen LogP contribution is 2.11. The quantitative estimate of drug-likeness (QED) is 0.765. The zero-order valence-corrected chi connectivity index (χ0v) is 10.7. The van der Waals surface area contributed by atoms with Gasteiger partial charge >= 0.3 is 12.0 Å². The first-order valence-electron chi connectivity index (χ1n) is 5.78. The van der Waals surface area contributed by atoms with Gasteiger partial charge in [-0.3, -0.25) is 4.68 Å². The van der Waals surface area contributed by atoms with E-state index in [4.69, 9.17) is 5.11 Å². The van der Waals surface area contributed by atoms with E-state index in [1.807, 2.05) is 0 Å². The van der Waals surface area contributed by atoms with E-state index in [2.05, 4.69) is 20.7 Å². The van der Waals surface area contributed by atoms with Gasteiger partial charge < -0.3 is 15.7 Å². The van der Waals surface area contributed by atoms with Crippen molar-refractivity contribution in [2.45, 2.75) is 6.54 Å². The zero-order chi connectivity index (χ0) is 14.5. The number of nitrogens with one attached hydrogen (secondary N) is 2. The van der Waals surface area contributed by atoms with Crippen LogP contribution in [0.1, 0.15) is 16.2 Å². The van der Waals surface area contributed by atoms with Crippen LogP contribution >= 0.6 is 0 Å². The van der Waals surface area contributed by atoms with Crippen molar-refractivity contribution in [2.75, 3.05) is 5.32 Å². The van der Waals surface area contributed by atoms with Gasteiger partial charge in [0, 0.05) is 19.4 Å². The molecule has 0 fully saturated rings. The average Bonchev–Trinajstić information content (AvgIpc) is 2.82. The molecule has 0 spiro atoms. The Morgan fingerprint density at radius 1 is 1.35 bits per heavy atom. The normalized spacial score (nSPS) is 10.1. The Morgan fingerprint density at radius 2 is 2.15 bits per heavy atom. The fourth-order valence-corrected chi connectivity index (χ4v) is 1.59. The first-order chi connectivity index (χ1) is 9.58. The molecule has 3 N–H and O–H groups in total. The van der Waals surface area contributed by atoms with Crippen molar-refractivity contribution in [3.63, 3.8) is 0 Å². The summed E-state index contributed by atoms with van der Waals surface area (Å²) in [6, 6.07) is 4.28. The summed E-state index contributed by atoms with van der Waals surface area (Å²) in [7, 11) is 1.76. The third kappa shape index (κ3) is 3.10. The van der Waals surface area contributed by atoms with Crippen LogP contribution in [-0.4, -0.2) is 31.9 Å². The number of carbonyl (C=O) groups is 2. The second kappa shape index (κ2) is 5.83. The van der Waals surface area contributed by atoms with Gasteiger partial charge in [0.1, 0.15) is 0 Å². The molecule has 0 aliphatic carbocycles. The second-order valence-corrected chi connectivity index (χ2v) is 3.96. The van der Waals surface area contributed by atoms with Crippen molar-refractivity contribution in [1.29, 1.82) is 0 Å². The number of carbonyl (C=O) groups excluding carboxylic acids is 1. The number of carboxylic acids is 1. The number of urea groups is 1. The van der Waals surface area contributed by atoms with Crippen LogP contribution in [0.2, 0.25) is 0 Å². The molecule has 2 aromatic heterocycles. The highest BCUT2D eigenvalue weighted by molar-refractivity contribution is 5.98. The van der Waals surface area contributed by atoms with E-state index in [-0.39, 0.29) is 17.9 Å². The van der Waals surface area contributed by atoms with E-state index >= 15 is 0 Å². The summed E-state index contributed by atoms with van der Waals surface area (Å²) in [6.07, 6.45) is 2.97. The summed E-state index contributed by atoms with van der Waals surface area (Å²) in [5, 5.41) is 18.0. The molecule has 2 heterocycles. The molecule has 0 radical (unpaired) electrons. The van der Waals surface area contributed by atoms with Gasteiger partial charge in [-0.1, -0.05) is 0 Å². The summed E-state index contributed by atoms with van der Waals surface area (Å²) >= 11 is 0. The minimum atomic E-state index is -1.20. The van der Waals surface area contributed by atoms with Crippen molar-refractivity contribution >= 4 is 17.7 Å². The Balaban J connectivity index is 1.98. The van der Waals surface area contributed by atoms with Gasteiger partial charge in [0.25, 0.3) is 0 Å². The van der Waals surface area contributed by atoms with Crippen LogP contribution in [0.4, 0.5) is 10.5 Å². The Bertz CT molecular complexity index is 638. The van der Waals surface area contributed by atoms with Crippen molar-refractivity contribution < 1.29 is 14.7 Å². The van der Waals surface area contributed by atoms with Crippen molar-refractivity contribution in [3.8, 4) is 0 Å². The highest BCUT2D eigenvalue weighted by atomic mass is 16.4. The van der Waals surface area contributed by atoms with E-state index < -0.39 is 12.0 Å². The number of hydrogen-bond donors (Lipinski definition) is 3. The summed E-state index contributed by atoms with van der Waals surface area (Å²) in [5.41, 5.74) is 0.760. The van der Waals surface area contributed by atoms with Crippen LogP contribution in [0.5, 0.6) is 0 Å². The molecule has 2 amide bonds. The minimum absolute atomic E-state index is 0.141. The molecular formula is C12H13N5O3. The number of aromatic carboxylic acids is 1. The molecule has 8 nitrogen and oxygen atoms in total. The average molecular weight is 275 g/mol. The molecule has 2 aromatic rings. The molecule has 0 saturated carbocycles. The largest absolute Gasteiger partial charge is 0.476 e. The van der Waals surface area contributed by atoms with Gasteiger partial charge in [0.2, 0.25) is 0 Å². The number of anilines is 1. The van der Waals surface area contributed by atoms with Crippen LogP contribution in [0.25, 0.3) is 0 Å². The lowest BCUT2D eigenvalue weighted by Gasteiger charge is -2.09. The van der Waals surface area contributed by atoms with Crippen LogP contribution < -0.4 is 10.6 Å². The van der Waals surface area contributed by atoms with Crippen molar-refractivity contribution in [1.82, 2.24) is 20.1 Å². The summed E-state index contributed by atoms with van der Waals surface area (Å²) in [5.74, 6) is -1.20.